The summed E-state index contributed by atoms with van der Waals surface area (Å²) in [6.07, 6.45) is 0.657. The van der Waals surface area contributed by atoms with Gasteiger partial charge in [0, 0.05) is 32.7 Å². The quantitative estimate of drug-likeness (QED) is 0.393. The molecule has 4 fully saturated rings. The van der Waals surface area contributed by atoms with E-state index in [2.05, 4.69) is 15.5 Å². The summed E-state index contributed by atoms with van der Waals surface area (Å²) in [5.41, 5.74) is 0.563. The van der Waals surface area contributed by atoms with Crippen molar-refractivity contribution < 1.29 is 29.0 Å². The van der Waals surface area contributed by atoms with Crippen molar-refractivity contribution in [1.29, 1.82) is 0 Å². The molecule has 6 rings (SSSR count). The minimum absolute atomic E-state index is 0.243. The number of nitrogens with zero attached hydrogens (tertiary/aromatic N) is 2. The summed E-state index contributed by atoms with van der Waals surface area (Å²) in [5.74, 6) is -2.38. The Hall–Kier alpha value is -3.31. The number of hydrogen-bond acceptors (Lipinski definition) is 7. The molecule has 4 aliphatic rings. The Balaban J connectivity index is 1.27. The monoisotopic (exact) mass is 562 g/mol. The van der Waals surface area contributed by atoms with Gasteiger partial charge in [-0.2, -0.15) is 0 Å². The number of fused-ring (bicyclic) bond motifs is 1. The minimum Gasteiger partial charge on any atom is -0.394 e. The molecule has 6 atom stereocenters. The van der Waals surface area contributed by atoms with Gasteiger partial charge < -0.3 is 30.1 Å². The highest BCUT2D eigenvalue weighted by molar-refractivity contribution is 5.99. The lowest BCUT2D eigenvalue weighted by Gasteiger charge is -2.37. The molecule has 3 N–H and O–H groups in total. The highest BCUT2D eigenvalue weighted by Crippen LogP contribution is 2.59. The van der Waals surface area contributed by atoms with Crippen LogP contribution >= 0.6 is 0 Å². The summed E-state index contributed by atoms with van der Waals surface area (Å²) in [7, 11) is 0. The first kappa shape index (κ1) is 27.8. The van der Waals surface area contributed by atoms with Gasteiger partial charge in [0.1, 0.15) is 11.6 Å². The van der Waals surface area contributed by atoms with Gasteiger partial charge in [-0.05, 0) is 24.0 Å². The van der Waals surface area contributed by atoms with Gasteiger partial charge in [-0.1, -0.05) is 60.7 Å². The molecule has 4 aliphatic heterocycles. The average Bonchev–Trinajstić information content (AvgIpc) is 3.66. The maximum absolute atomic E-state index is 14.3. The molecule has 41 heavy (non-hydrogen) atoms. The molecule has 0 saturated carbocycles. The molecule has 2 aromatic rings. The second-order valence-electron chi connectivity index (χ2n) is 11.4. The van der Waals surface area contributed by atoms with E-state index in [0.717, 1.165) is 24.2 Å². The number of hydrogen-bond donors (Lipinski definition) is 3. The Labute approximate surface area is 240 Å². The number of likely N-dealkylation sites (tertiary alicyclic amines) is 1. The van der Waals surface area contributed by atoms with Crippen LogP contribution in [0.3, 0.4) is 0 Å². The first-order valence-electron chi connectivity index (χ1n) is 14.6. The second kappa shape index (κ2) is 11.9. The van der Waals surface area contributed by atoms with Gasteiger partial charge in [0.05, 0.1) is 43.8 Å². The van der Waals surface area contributed by atoms with Crippen molar-refractivity contribution in [3.05, 3.63) is 71.8 Å². The molecule has 2 aromatic carbocycles. The molecule has 0 radical (unpaired) electrons. The molecular formula is C31H38N4O6. The van der Waals surface area contributed by atoms with E-state index < -0.39 is 35.6 Å². The number of aliphatic hydroxyl groups excluding tert-OH is 1. The van der Waals surface area contributed by atoms with Crippen LogP contribution in [-0.2, 0) is 30.4 Å². The molecule has 4 heterocycles. The Morgan fingerprint density at radius 3 is 2.41 bits per heavy atom. The van der Waals surface area contributed by atoms with Crippen molar-refractivity contribution >= 4 is 17.7 Å². The molecule has 0 aliphatic carbocycles. The van der Waals surface area contributed by atoms with Crippen LogP contribution in [0.2, 0.25) is 0 Å². The number of carbonyl (C=O) groups is 3. The predicted octanol–water partition coefficient (Wildman–Crippen LogP) is 0.859. The van der Waals surface area contributed by atoms with Gasteiger partial charge >= 0.3 is 0 Å². The molecule has 2 unspecified atom stereocenters. The maximum Gasteiger partial charge on any atom is 0.245 e. The second-order valence-corrected chi connectivity index (χ2v) is 11.4. The number of ether oxygens (including phenoxy) is 2. The first-order chi connectivity index (χ1) is 20.0. The fourth-order valence-corrected chi connectivity index (χ4v) is 7.22. The number of aliphatic hydroxyl groups is 1. The Morgan fingerprint density at radius 1 is 1.00 bits per heavy atom. The number of carbonyl (C=O) groups excluding carboxylic acids is 3. The van der Waals surface area contributed by atoms with Crippen LogP contribution in [0.25, 0.3) is 0 Å². The smallest absolute Gasteiger partial charge is 0.245 e. The number of morpholine rings is 1. The van der Waals surface area contributed by atoms with Crippen molar-refractivity contribution in [3.8, 4) is 0 Å². The maximum atomic E-state index is 14.3. The molecule has 3 amide bonds. The Kier molecular flexibility index (Phi) is 8.07. The summed E-state index contributed by atoms with van der Waals surface area (Å²) in [6.45, 7) is 4.02. The van der Waals surface area contributed by atoms with E-state index in [9.17, 15) is 19.5 Å². The van der Waals surface area contributed by atoms with Crippen molar-refractivity contribution in [3.63, 3.8) is 0 Å². The van der Waals surface area contributed by atoms with Gasteiger partial charge in [0.25, 0.3) is 0 Å². The van der Waals surface area contributed by atoms with E-state index in [-0.39, 0.29) is 24.3 Å². The van der Waals surface area contributed by atoms with E-state index in [1.54, 1.807) is 0 Å². The lowest BCUT2D eigenvalue weighted by Crippen LogP contribution is -2.57. The molecule has 4 saturated heterocycles. The van der Waals surface area contributed by atoms with Gasteiger partial charge in [0.15, 0.2) is 0 Å². The van der Waals surface area contributed by atoms with E-state index in [0.29, 0.717) is 45.7 Å². The predicted molar refractivity (Wildman–Crippen MR) is 149 cm³/mol. The number of nitrogens with one attached hydrogen (secondary N) is 2. The summed E-state index contributed by atoms with van der Waals surface area (Å²) in [5, 5.41) is 16.6. The molecule has 10 heteroatoms. The normalized spacial score (nSPS) is 29.8. The van der Waals surface area contributed by atoms with Gasteiger partial charge in [-0.15, -0.1) is 0 Å². The highest BCUT2D eigenvalue weighted by atomic mass is 16.5. The zero-order valence-electron chi connectivity index (χ0n) is 23.1. The van der Waals surface area contributed by atoms with Crippen LogP contribution in [-0.4, -0.2) is 96.4 Å². The lowest BCUT2D eigenvalue weighted by molar-refractivity contribution is -0.145. The molecule has 218 valence electrons. The van der Waals surface area contributed by atoms with Crippen molar-refractivity contribution in [1.82, 2.24) is 20.4 Å². The third kappa shape index (κ3) is 5.14. The van der Waals surface area contributed by atoms with Crippen molar-refractivity contribution in [2.24, 2.45) is 11.8 Å². The van der Waals surface area contributed by atoms with Crippen LogP contribution in [0, 0.1) is 11.8 Å². The van der Waals surface area contributed by atoms with Crippen LogP contribution in [0.5, 0.6) is 0 Å². The number of amides is 3. The zero-order valence-corrected chi connectivity index (χ0v) is 23.1. The zero-order chi connectivity index (χ0) is 28.4. The minimum atomic E-state index is -1.12. The Morgan fingerprint density at radius 2 is 1.71 bits per heavy atom. The SMILES string of the molecule is O=C(NCCN1CCOCC1)C1N([C@H](CO)c2ccccc2)C(=O)[C@@H]2[C@H](C(=O)NCc3ccccc3)[C@@H]3CCC12O3. The molecular weight excluding hydrogens is 524 g/mol. The van der Waals surface area contributed by atoms with Crippen molar-refractivity contribution in [2.45, 2.75) is 43.2 Å². The molecule has 1 spiro atoms. The lowest BCUT2D eigenvalue weighted by atomic mass is 9.70. The fraction of sp³-hybridized carbons (Fsp3) is 0.516. The molecule has 2 bridgehead atoms. The summed E-state index contributed by atoms with van der Waals surface area (Å²) >= 11 is 0. The number of rotatable bonds is 10. The first-order valence-corrected chi connectivity index (χ1v) is 14.6. The Bertz CT molecular complexity index is 1240. The van der Waals surface area contributed by atoms with Crippen LogP contribution in [0.4, 0.5) is 0 Å². The van der Waals surface area contributed by atoms with Gasteiger partial charge in [-0.25, -0.2) is 0 Å². The third-order valence-corrected chi connectivity index (χ3v) is 9.12. The van der Waals surface area contributed by atoms with E-state index in [4.69, 9.17) is 9.47 Å². The highest BCUT2D eigenvalue weighted by Gasteiger charge is 2.75. The average molecular weight is 563 g/mol. The number of benzene rings is 2. The summed E-state index contributed by atoms with van der Waals surface area (Å²) in [6, 6.07) is 17.2. The third-order valence-electron chi connectivity index (χ3n) is 9.12. The van der Waals surface area contributed by atoms with Crippen molar-refractivity contribution in [2.75, 3.05) is 46.0 Å². The topological polar surface area (TPSA) is 120 Å². The van der Waals surface area contributed by atoms with Crippen LogP contribution in [0.15, 0.2) is 60.7 Å². The van der Waals surface area contributed by atoms with E-state index in [1.165, 1.54) is 4.90 Å². The fourth-order valence-electron chi connectivity index (χ4n) is 7.22. The molecule has 10 nitrogen and oxygen atoms in total. The van der Waals surface area contributed by atoms with E-state index in [1.807, 2.05) is 60.7 Å². The van der Waals surface area contributed by atoms with E-state index >= 15 is 0 Å². The van der Waals surface area contributed by atoms with Crippen LogP contribution in [0.1, 0.15) is 30.0 Å². The van der Waals surface area contributed by atoms with Gasteiger partial charge in [0.2, 0.25) is 17.7 Å². The largest absolute Gasteiger partial charge is 0.394 e. The standard InChI is InChI=1S/C31H38N4O6/c36-20-23(22-9-5-2-6-10-22)35-27(29(38)32-13-14-34-15-17-40-18-16-34)31-12-11-24(41-31)25(26(31)30(35)39)28(37)33-19-21-7-3-1-4-8-21/h1-10,23-27,36H,11-20H2,(H,32,38)(H,33,37)/t23-,24+,25-,26+,27?,31?/m1/s1. The van der Waals surface area contributed by atoms with Crippen LogP contribution < -0.4 is 10.6 Å². The molecule has 0 aromatic heterocycles. The van der Waals surface area contributed by atoms with Gasteiger partial charge in [-0.3, -0.25) is 19.3 Å². The summed E-state index contributed by atoms with van der Waals surface area (Å²) in [4.78, 5) is 45.7. The summed E-state index contributed by atoms with van der Waals surface area (Å²) < 4.78 is 12.0.